The summed E-state index contributed by atoms with van der Waals surface area (Å²) in [7, 11) is 1.44. The number of furan rings is 1. The van der Waals surface area contributed by atoms with Crippen molar-refractivity contribution in [1.82, 2.24) is 19.9 Å². The molecule has 4 aromatic rings. The van der Waals surface area contributed by atoms with Gasteiger partial charge in [-0.3, -0.25) is 9.59 Å². The second-order valence-corrected chi connectivity index (χ2v) is 9.73. The molecule has 2 amide bonds. The molecule has 0 bridgehead atoms. The van der Waals surface area contributed by atoms with E-state index >= 15 is 0 Å². The van der Waals surface area contributed by atoms with Gasteiger partial charge < -0.3 is 19.4 Å². The molecular weight excluding hydrogens is 462 g/mol. The number of aryl methyl sites for hydroxylation is 1. The highest BCUT2D eigenvalue weighted by molar-refractivity contribution is 7.90. The van der Waals surface area contributed by atoms with Crippen LogP contribution in [-0.4, -0.2) is 60.5 Å². The third kappa shape index (κ3) is 4.76. The Morgan fingerprint density at radius 2 is 1.82 bits per heavy atom. The van der Waals surface area contributed by atoms with Crippen molar-refractivity contribution in [3.63, 3.8) is 0 Å². The smallest absolute Gasteiger partial charge is 0.289 e. The van der Waals surface area contributed by atoms with Gasteiger partial charge in [0, 0.05) is 39.0 Å². The molecule has 11 nitrogen and oxygen atoms in total. The minimum atomic E-state index is -3.37. The van der Waals surface area contributed by atoms with Crippen molar-refractivity contribution < 1.29 is 27.2 Å². The second-order valence-electron chi connectivity index (χ2n) is 7.72. The van der Waals surface area contributed by atoms with Crippen molar-refractivity contribution in [2.45, 2.75) is 4.90 Å². The number of benzene rings is 2. The summed E-state index contributed by atoms with van der Waals surface area (Å²) >= 11 is 0. The van der Waals surface area contributed by atoms with Gasteiger partial charge in [0.15, 0.2) is 21.4 Å². The molecule has 0 aliphatic heterocycles. The third-order valence-corrected chi connectivity index (χ3v) is 5.93. The van der Waals surface area contributed by atoms with Crippen LogP contribution in [-0.2, 0) is 16.9 Å². The van der Waals surface area contributed by atoms with Gasteiger partial charge in [-0.05, 0) is 36.4 Å². The van der Waals surface area contributed by atoms with Crippen LogP contribution in [0.15, 0.2) is 58.0 Å². The van der Waals surface area contributed by atoms with Crippen molar-refractivity contribution >= 4 is 38.4 Å². The topological polar surface area (TPSA) is 137 Å². The highest BCUT2D eigenvalue weighted by atomic mass is 32.2. The van der Waals surface area contributed by atoms with E-state index in [0.29, 0.717) is 11.1 Å². The Balaban J connectivity index is 1.75. The van der Waals surface area contributed by atoms with Crippen LogP contribution in [0.2, 0.25) is 0 Å². The first-order valence-electron chi connectivity index (χ1n) is 9.96. The molecule has 2 aromatic carbocycles. The summed E-state index contributed by atoms with van der Waals surface area (Å²) < 4.78 is 35.1. The Labute approximate surface area is 194 Å². The van der Waals surface area contributed by atoms with Crippen molar-refractivity contribution in [1.29, 1.82) is 0 Å². The summed E-state index contributed by atoms with van der Waals surface area (Å²) in [5, 5.41) is 11.0. The summed E-state index contributed by atoms with van der Waals surface area (Å²) in [6.07, 6.45) is 2.51. The van der Waals surface area contributed by atoms with Crippen molar-refractivity contribution in [3.05, 3.63) is 60.0 Å². The van der Waals surface area contributed by atoms with E-state index in [1.54, 1.807) is 21.1 Å². The average molecular weight is 484 g/mol. The molecule has 2 heterocycles. The van der Waals surface area contributed by atoms with Gasteiger partial charge in [-0.1, -0.05) is 0 Å². The molecule has 4 rings (SSSR count). The maximum atomic E-state index is 12.8. The van der Waals surface area contributed by atoms with Crippen LogP contribution in [0, 0.1) is 0 Å². The Morgan fingerprint density at radius 3 is 2.41 bits per heavy atom. The van der Waals surface area contributed by atoms with E-state index in [9.17, 15) is 18.0 Å². The number of hydrogen-bond donors (Lipinski definition) is 1. The predicted molar refractivity (Wildman–Crippen MR) is 123 cm³/mol. The van der Waals surface area contributed by atoms with Crippen molar-refractivity contribution in [2.24, 2.45) is 7.05 Å². The number of fused-ring (bicyclic) bond motifs is 1. The maximum absolute atomic E-state index is 12.8. The molecule has 1 N–H and O–H groups in total. The molecule has 12 heteroatoms. The lowest BCUT2D eigenvalue weighted by Gasteiger charge is -2.09. The largest absolute Gasteiger partial charge is 0.457 e. The summed E-state index contributed by atoms with van der Waals surface area (Å²) in [5.41, 5.74) is 0.457. The van der Waals surface area contributed by atoms with Crippen LogP contribution in [0.4, 0.5) is 5.82 Å². The Hall–Kier alpha value is -4.19. The number of hydrogen-bond acceptors (Lipinski definition) is 8. The second kappa shape index (κ2) is 8.63. The van der Waals surface area contributed by atoms with Gasteiger partial charge in [-0.2, -0.15) is 9.90 Å². The SMILES string of the molecule is CN(C)C(=O)c1cc2c(Oc3ccc(S(C)(=O)=O)cc3)cc(C(=O)Nc3cnn(C)n3)cc2o1. The molecule has 0 radical (unpaired) electrons. The fourth-order valence-corrected chi connectivity index (χ4v) is 3.75. The molecule has 0 saturated heterocycles. The number of carbonyl (C=O) groups is 2. The molecule has 176 valence electrons. The van der Waals surface area contributed by atoms with Crippen LogP contribution >= 0.6 is 0 Å². The monoisotopic (exact) mass is 483 g/mol. The van der Waals surface area contributed by atoms with Gasteiger partial charge in [0.05, 0.1) is 16.5 Å². The molecule has 0 atom stereocenters. The van der Waals surface area contributed by atoms with E-state index < -0.39 is 15.7 Å². The van der Waals surface area contributed by atoms with Gasteiger partial charge in [0.25, 0.3) is 11.8 Å². The van der Waals surface area contributed by atoms with E-state index in [2.05, 4.69) is 15.5 Å². The lowest BCUT2D eigenvalue weighted by molar-refractivity contribution is 0.0799. The number of amides is 2. The lowest BCUT2D eigenvalue weighted by atomic mass is 10.1. The number of sulfone groups is 1. The number of anilines is 1. The van der Waals surface area contributed by atoms with E-state index in [-0.39, 0.29) is 39.3 Å². The van der Waals surface area contributed by atoms with Crippen LogP contribution in [0.5, 0.6) is 11.5 Å². The number of aromatic nitrogens is 3. The fraction of sp³-hybridized carbons (Fsp3) is 0.182. The summed E-state index contributed by atoms with van der Waals surface area (Å²) in [4.78, 5) is 28.1. The molecular formula is C22H21N5O6S. The molecule has 0 fully saturated rings. The zero-order valence-electron chi connectivity index (χ0n) is 18.8. The highest BCUT2D eigenvalue weighted by Gasteiger charge is 2.20. The summed E-state index contributed by atoms with van der Waals surface area (Å²) in [6, 6.07) is 10.4. The normalized spacial score (nSPS) is 11.4. The van der Waals surface area contributed by atoms with Crippen LogP contribution in [0.25, 0.3) is 11.0 Å². The molecule has 2 aromatic heterocycles. The average Bonchev–Trinajstić information content (AvgIpc) is 3.38. The number of carbonyl (C=O) groups excluding carboxylic acids is 2. The number of ether oxygens (including phenoxy) is 1. The zero-order chi connectivity index (χ0) is 24.6. The van der Waals surface area contributed by atoms with E-state index in [4.69, 9.17) is 9.15 Å². The summed E-state index contributed by atoms with van der Waals surface area (Å²) in [6.45, 7) is 0. The quantitative estimate of drug-likeness (QED) is 0.442. The fourth-order valence-electron chi connectivity index (χ4n) is 3.12. The lowest BCUT2D eigenvalue weighted by Crippen LogP contribution is -2.20. The first kappa shape index (κ1) is 23.0. The Kier molecular flexibility index (Phi) is 5.83. The minimum Gasteiger partial charge on any atom is -0.457 e. The molecule has 0 spiro atoms. The van der Waals surface area contributed by atoms with Crippen LogP contribution < -0.4 is 10.1 Å². The van der Waals surface area contributed by atoms with E-state index in [0.717, 1.165) is 6.26 Å². The molecule has 0 aliphatic rings. The highest BCUT2D eigenvalue weighted by Crippen LogP contribution is 2.34. The van der Waals surface area contributed by atoms with Crippen molar-refractivity contribution in [3.8, 4) is 11.5 Å². The van der Waals surface area contributed by atoms with Gasteiger partial charge in [-0.15, -0.1) is 5.10 Å². The van der Waals surface area contributed by atoms with Gasteiger partial charge >= 0.3 is 0 Å². The van der Waals surface area contributed by atoms with Gasteiger partial charge in [-0.25, -0.2) is 8.42 Å². The van der Waals surface area contributed by atoms with Gasteiger partial charge in [0.2, 0.25) is 0 Å². The Morgan fingerprint density at radius 1 is 1.12 bits per heavy atom. The Bertz CT molecular complexity index is 1500. The maximum Gasteiger partial charge on any atom is 0.289 e. The first-order valence-corrected chi connectivity index (χ1v) is 11.9. The standard InChI is InChI=1S/C22H21N5O6S/c1-26(2)22(29)19-11-16-17(32-14-5-7-15(8-6-14)34(4,30)31)9-13(10-18(16)33-19)21(28)24-20-12-23-27(3)25-20/h5-12H,1-4H3,(H,24,25,28). The van der Waals surface area contributed by atoms with E-state index in [1.165, 1.54) is 58.4 Å². The number of nitrogens with one attached hydrogen (secondary N) is 1. The predicted octanol–water partition coefficient (Wildman–Crippen LogP) is 2.71. The molecule has 0 saturated carbocycles. The number of rotatable bonds is 6. The minimum absolute atomic E-state index is 0.0729. The molecule has 0 aliphatic carbocycles. The van der Waals surface area contributed by atoms with Crippen molar-refractivity contribution in [2.75, 3.05) is 25.7 Å². The van der Waals surface area contributed by atoms with Crippen LogP contribution in [0.1, 0.15) is 20.9 Å². The number of nitrogens with zero attached hydrogens (tertiary/aromatic N) is 4. The van der Waals surface area contributed by atoms with Gasteiger partial charge in [0.1, 0.15) is 17.1 Å². The summed E-state index contributed by atoms with van der Waals surface area (Å²) in [5.74, 6) is 0.0669. The first-order chi connectivity index (χ1) is 16.0. The molecule has 34 heavy (non-hydrogen) atoms. The van der Waals surface area contributed by atoms with E-state index in [1.807, 2.05) is 0 Å². The zero-order valence-corrected chi connectivity index (χ0v) is 19.6. The molecule has 0 unspecified atom stereocenters. The van der Waals surface area contributed by atoms with Crippen LogP contribution in [0.3, 0.4) is 0 Å². The third-order valence-electron chi connectivity index (χ3n) is 4.80.